The van der Waals surface area contributed by atoms with Crippen LogP contribution >= 0.6 is 0 Å². The fourth-order valence-corrected chi connectivity index (χ4v) is 5.79. The molecule has 40 heavy (non-hydrogen) atoms. The van der Waals surface area contributed by atoms with Crippen molar-refractivity contribution in [3.63, 3.8) is 0 Å². The molecule has 0 bridgehead atoms. The molecule has 1 atom stereocenters. The highest BCUT2D eigenvalue weighted by atomic mass is 16.6. The molecule has 1 aromatic heterocycles. The van der Waals surface area contributed by atoms with E-state index in [1.165, 1.54) is 0 Å². The first-order chi connectivity index (χ1) is 19.3. The van der Waals surface area contributed by atoms with Crippen LogP contribution in [0.25, 0.3) is 0 Å². The number of hydrogen-bond acceptors (Lipinski definition) is 5. The Morgan fingerprint density at radius 2 is 1.38 bits per heavy atom. The standard InChI is InChI=1S/C33H35N3O4/c1-5-39-30(37)28-26-21-22-36(31(38)40-32(2,3)4)29(27(26)34-35-28)33(23-15-9-6-10-16-23,24-17-11-7-12-18-24)25-19-13-8-14-20-25/h6-20,29H,5,21-22H2,1-4H3,(H,34,35). The molecule has 5 rings (SSSR count). The molecule has 206 valence electrons. The van der Waals surface area contributed by atoms with E-state index in [9.17, 15) is 9.59 Å². The summed E-state index contributed by atoms with van der Waals surface area (Å²) in [5.41, 5.74) is 3.11. The fourth-order valence-electron chi connectivity index (χ4n) is 5.79. The second-order valence-corrected chi connectivity index (χ2v) is 10.9. The van der Waals surface area contributed by atoms with E-state index in [0.29, 0.717) is 18.7 Å². The predicted octanol–water partition coefficient (Wildman–Crippen LogP) is 6.46. The maximum atomic E-state index is 14.0. The molecule has 1 amide bonds. The number of hydrogen-bond donors (Lipinski definition) is 1. The van der Waals surface area contributed by atoms with Gasteiger partial charge < -0.3 is 9.47 Å². The fraction of sp³-hybridized carbons (Fsp3) is 0.303. The molecule has 1 aliphatic rings. The van der Waals surface area contributed by atoms with Crippen molar-refractivity contribution in [2.24, 2.45) is 0 Å². The summed E-state index contributed by atoms with van der Waals surface area (Å²) >= 11 is 0. The Labute approximate surface area is 235 Å². The first-order valence-corrected chi connectivity index (χ1v) is 13.7. The number of fused-ring (bicyclic) bond motifs is 1. The van der Waals surface area contributed by atoms with Crippen molar-refractivity contribution in [1.29, 1.82) is 0 Å². The van der Waals surface area contributed by atoms with Gasteiger partial charge in [0, 0.05) is 12.1 Å². The van der Waals surface area contributed by atoms with Gasteiger partial charge in [-0.1, -0.05) is 91.0 Å². The predicted molar refractivity (Wildman–Crippen MR) is 153 cm³/mol. The Morgan fingerprint density at radius 3 is 1.82 bits per heavy atom. The smallest absolute Gasteiger partial charge is 0.410 e. The molecule has 7 heteroatoms. The van der Waals surface area contributed by atoms with Crippen molar-refractivity contribution in [3.8, 4) is 0 Å². The lowest BCUT2D eigenvalue weighted by molar-refractivity contribution is 0.00777. The first kappa shape index (κ1) is 27.2. The molecule has 2 heterocycles. The summed E-state index contributed by atoms with van der Waals surface area (Å²) in [6, 6.07) is 29.9. The number of aromatic nitrogens is 2. The summed E-state index contributed by atoms with van der Waals surface area (Å²) < 4.78 is 11.3. The summed E-state index contributed by atoms with van der Waals surface area (Å²) in [5.74, 6) is -0.478. The van der Waals surface area contributed by atoms with Crippen LogP contribution in [0.2, 0.25) is 0 Å². The van der Waals surface area contributed by atoms with Crippen molar-refractivity contribution in [2.45, 2.75) is 51.2 Å². The third-order valence-electron chi connectivity index (χ3n) is 7.28. The third kappa shape index (κ3) is 4.88. The van der Waals surface area contributed by atoms with Crippen LogP contribution in [0.5, 0.6) is 0 Å². The molecule has 3 aromatic carbocycles. The Balaban J connectivity index is 1.86. The first-order valence-electron chi connectivity index (χ1n) is 13.7. The number of ether oxygens (including phenoxy) is 2. The largest absolute Gasteiger partial charge is 0.461 e. The van der Waals surface area contributed by atoms with Gasteiger partial charge >= 0.3 is 12.1 Å². The molecule has 1 unspecified atom stereocenters. The monoisotopic (exact) mass is 537 g/mol. The van der Waals surface area contributed by atoms with E-state index in [4.69, 9.17) is 9.47 Å². The van der Waals surface area contributed by atoms with Gasteiger partial charge in [-0.25, -0.2) is 9.59 Å². The van der Waals surface area contributed by atoms with Crippen molar-refractivity contribution < 1.29 is 19.1 Å². The van der Waals surface area contributed by atoms with E-state index in [1.807, 2.05) is 75.4 Å². The molecular weight excluding hydrogens is 502 g/mol. The number of nitrogens with zero attached hydrogens (tertiary/aromatic N) is 2. The lowest BCUT2D eigenvalue weighted by Gasteiger charge is -2.49. The van der Waals surface area contributed by atoms with Gasteiger partial charge in [0.25, 0.3) is 0 Å². The number of H-pyrrole nitrogens is 1. The highest BCUT2D eigenvalue weighted by Crippen LogP contribution is 2.53. The summed E-state index contributed by atoms with van der Waals surface area (Å²) in [5, 5.41) is 7.63. The van der Waals surface area contributed by atoms with E-state index in [1.54, 1.807) is 11.8 Å². The second-order valence-electron chi connectivity index (χ2n) is 10.9. The molecule has 1 aliphatic heterocycles. The van der Waals surface area contributed by atoms with Crippen LogP contribution in [-0.2, 0) is 21.3 Å². The number of carbonyl (C=O) groups is 2. The molecule has 7 nitrogen and oxygen atoms in total. The number of benzene rings is 3. The minimum absolute atomic E-state index is 0.246. The normalized spacial score (nSPS) is 15.3. The Bertz CT molecular complexity index is 1360. The molecule has 0 aliphatic carbocycles. The van der Waals surface area contributed by atoms with Gasteiger partial charge in [-0.15, -0.1) is 0 Å². The summed E-state index contributed by atoms with van der Waals surface area (Å²) in [6.45, 7) is 7.95. The summed E-state index contributed by atoms with van der Waals surface area (Å²) in [4.78, 5) is 28.7. The lowest BCUT2D eigenvalue weighted by Crippen LogP contribution is -2.52. The average Bonchev–Trinajstić information content (AvgIpc) is 3.39. The van der Waals surface area contributed by atoms with E-state index in [0.717, 1.165) is 22.3 Å². The number of rotatable bonds is 6. The van der Waals surface area contributed by atoms with Gasteiger partial charge in [-0.2, -0.15) is 5.10 Å². The molecule has 4 aromatic rings. The minimum Gasteiger partial charge on any atom is -0.461 e. The minimum atomic E-state index is -0.881. The van der Waals surface area contributed by atoms with Gasteiger partial charge in [0.05, 0.1) is 23.8 Å². The highest BCUT2D eigenvalue weighted by Gasteiger charge is 2.53. The molecule has 0 fully saturated rings. The lowest BCUT2D eigenvalue weighted by atomic mass is 9.62. The van der Waals surface area contributed by atoms with Crippen LogP contribution in [0.3, 0.4) is 0 Å². The van der Waals surface area contributed by atoms with Crippen LogP contribution in [-0.4, -0.2) is 45.9 Å². The van der Waals surface area contributed by atoms with Crippen LogP contribution in [0.1, 0.15) is 72.2 Å². The van der Waals surface area contributed by atoms with Crippen LogP contribution in [0, 0.1) is 0 Å². The maximum absolute atomic E-state index is 14.0. The summed E-state index contributed by atoms with van der Waals surface area (Å²) in [7, 11) is 0. The highest BCUT2D eigenvalue weighted by molar-refractivity contribution is 5.89. The van der Waals surface area contributed by atoms with E-state index in [2.05, 4.69) is 46.6 Å². The van der Waals surface area contributed by atoms with Crippen molar-refractivity contribution in [3.05, 3.63) is 125 Å². The summed E-state index contributed by atoms with van der Waals surface area (Å²) in [6.07, 6.45) is 0.00655. The van der Waals surface area contributed by atoms with Crippen molar-refractivity contribution in [1.82, 2.24) is 15.1 Å². The quantitative estimate of drug-likeness (QED) is 0.226. The van der Waals surface area contributed by atoms with Gasteiger partial charge in [-0.05, 0) is 50.8 Å². The number of carbonyl (C=O) groups excluding carboxylic acids is 2. The average molecular weight is 538 g/mol. The van der Waals surface area contributed by atoms with Gasteiger partial charge in [-0.3, -0.25) is 10.00 Å². The third-order valence-corrected chi connectivity index (χ3v) is 7.28. The molecular formula is C33H35N3O4. The van der Waals surface area contributed by atoms with E-state index < -0.39 is 29.1 Å². The number of esters is 1. The van der Waals surface area contributed by atoms with Gasteiger partial charge in [0.2, 0.25) is 0 Å². The molecule has 0 saturated carbocycles. The Hall–Kier alpha value is -4.39. The zero-order valence-electron chi connectivity index (χ0n) is 23.4. The van der Waals surface area contributed by atoms with E-state index >= 15 is 0 Å². The molecule has 0 radical (unpaired) electrons. The van der Waals surface area contributed by atoms with E-state index in [-0.39, 0.29) is 12.3 Å². The van der Waals surface area contributed by atoms with Crippen molar-refractivity contribution in [2.75, 3.05) is 13.2 Å². The number of amides is 1. The topological polar surface area (TPSA) is 84.5 Å². The van der Waals surface area contributed by atoms with Gasteiger partial charge in [0.15, 0.2) is 5.69 Å². The van der Waals surface area contributed by atoms with Crippen LogP contribution in [0.4, 0.5) is 4.79 Å². The maximum Gasteiger partial charge on any atom is 0.410 e. The van der Waals surface area contributed by atoms with Crippen LogP contribution < -0.4 is 0 Å². The Morgan fingerprint density at radius 1 is 0.875 bits per heavy atom. The Kier molecular flexibility index (Phi) is 7.48. The number of nitrogens with one attached hydrogen (secondary N) is 1. The van der Waals surface area contributed by atoms with Crippen molar-refractivity contribution >= 4 is 12.1 Å². The number of aromatic amines is 1. The van der Waals surface area contributed by atoms with Gasteiger partial charge in [0.1, 0.15) is 5.60 Å². The second kappa shape index (κ2) is 11.0. The molecule has 0 spiro atoms. The molecule has 0 saturated heterocycles. The molecule has 1 N–H and O–H groups in total. The van der Waals surface area contributed by atoms with Crippen LogP contribution in [0.15, 0.2) is 91.0 Å². The zero-order chi connectivity index (χ0) is 28.3. The SMILES string of the molecule is CCOC(=O)c1n[nH]c2c1CCN(C(=O)OC(C)(C)C)C2C(c1ccccc1)(c1ccccc1)c1ccccc1. The zero-order valence-corrected chi connectivity index (χ0v) is 23.4.